The molecule has 88 valence electrons. The molecule has 18 heavy (non-hydrogen) atoms. The molecular weight excluding hydrogens is 234 g/mol. The molecule has 0 aliphatic rings. The highest BCUT2D eigenvalue weighted by molar-refractivity contribution is 5.30. The van der Waals surface area contributed by atoms with Crippen LogP contribution in [0.25, 0.3) is 0 Å². The van der Waals surface area contributed by atoms with Gasteiger partial charge in [-0.1, -0.05) is 24.3 Å². The van der Waals surface area contributed by atoms with Gasteiger partial charge in [0.25, 0.3) is 0 Å². The Hall–Kier alpha value is -2.72. The van der Waals surface area contributed by atoms with Crippen LogP contribution in [0.1, 0.15) is 11.1 Å². The summed E-state index contributed by atoms with van der Waals surface area (Å²) >= 11 is 0. The Kier molecular flexibility index (Phi) is 5.02. The predicted octanol–water partition coefficient (Wildman–Crippen LogP) is 3.39. The van der Waals surface area contributed by atoms with Gasteiger partial charge in [0.15, 0.2) is 0 Å². The minimum Gasteiger partial charge on any atom is -0.206 e. The summed E-state index contributed by atoms with van der Waals surface area (Å²) in [6, 6.07) is 15.2. The Balaban J connectivity index is 0.000000180. The zero-order chi connectivity index (χ0) is 13.4. The van der Waals surface area contributed by atoms with Gasteiger partial charge in [0.05, 0.1) is 11.1 Å². The van der Waals surface area contributed by atoms with Gasteiger partial charge in [-0.25, -0.2) is 8.78 Å². The fourth-order valence-corrected chi connectivity index (χ4v) is 1.10. The van der Waals surface area contributed by atoms with Gasteiger partial charge in [0, 0.05) is 0 Å². The molecule has 0 fully saturated rings. The standard InChI is InChI=1S/2C7H4FN/c2*8-7-4-2-1-3-6(7)5-9/h2*1-4H. The number of hydrogen-bond acceptors (Lipinski definition) is 2. The lowest BCUT2D eigenvalue weighted by atomic mass is 10.2. The molecule has 0 N–H and O–H groups in total. The van der Waals surface area contributed by atoms with Crippen LogP contribution < -0.4 is 0 Å². The first kappa shape index (κ1) is 13.3. The molecule has 0 saturated carbocycles. The first-order valence-electron chi connectivity index (χ1n) is 4.98. The van der Waals surface area contributed by atoms with E-state index in [9.17, 15) is 8.78 Å². The molecule has 0 saturated heterocycles. The van der Waals surface area contributed by atoms with Crippen molar-refractivity contribution < 1.29 is 8.78 Å². The summed E-state index contributed by atoms with van der Waals surface area (Å²) in [7, 11) is 0. The van der Waals surface area contributed by atoms with E-state index >= 15 is 0 Å². The zero-order valence-corrected chi connectivity index (χ0v) is 9.27. The van der Waals surface area contributed by atoms with Crippen LogP contribution >= 0.6 is 0 Å². The van der Waals surface area contributed by atoms with Crippen molar-refractivity contribution in [2.45, 2.75) is 0 Å². The van der Waals surface area contributed by atoms with Crippen molar-refractivity contribution in [2.24, 2.45) is 0 Å². The largest absolute Gasteiger partial charge is 0.206 e. The van der Waals surface area contributed by atoms with E-state index in [1.165, 1.54) is 24.3 Å². The van der Waals surface area contributed by atoms with Crippen LogP contribution in [0.2, 0.25) is 0 Å². The first-order chi connectivity index (χ1) is 8.69. The molecule has 0 aromatic heterocycles. The van der Waals surface area contributed by atoms with E-state index < -0.39 is 11.6 Å². The quantitative estimate of drug-likeness (QED) is 0.710. The molecule has 0 unspecified atom stereocenters. The monoisotopic (exact) mass is 242 g/mol. The van der Waals surface area contributed by atoms with Gasteiger partial charge < -0.3 is 0 Å². The molecule has 0 aliphatic carbocycles. The SMILES string of the molecule is N#Cc1ccccc1F.N#Cc1ccccc1F. The second kappa shape index (κ2) is 6.78. The first-order valence-corrected chi connectivity index (χ1v) is 4.98. The van der Waals surface area contributed by atoms with Crippen LogP contribution in [0, 0.1) is 34.3 Å². The van der Waals surface area contributed by atoms with Gasteiger partial charge in [0.1, 0.15) is 23.8 Å². The molecule has 0 radical (unpaired) electrons. The van der Waals surface area contributed by atoms with Crippen LogP contribution in [-0.4, -0.2) is 0 Å². The van der Waals surface area contributed by atoms with E-state index in [1.54, 1.807) is 36.4 Å². The maximum absolute atomic E-state index is 12.4. The van der Waals surface area contributed by atoms with Gasteiger partial charge in [-0.2, -0.15) is 10.5 Å². The van der Waals surface area contributed by atoms with Crippen LogP contribution in [-0.2, 0) is 0 Å². The van der Waals surface area contributed by atoms with Crippen molar-refractivity contribution in [3.63, 3.8) is 0 Å². The molecule has 0 spiro atoms. The zero-order valence-electron chi connectivity index (χ0n) is 9.27. The average Bonchev–Trinajstić information content (AvgIpc) is 2.41. The second-order valence-electron chi connectivity index (χ2n) is 3.18. The van der Waals surface area contributed by atoms with E-state index in [2.05, 4.69) is 0 Å². The number of hydrogen-bond donors (Lipinski definition) is 0. The summed E-state index contributed by atoms with van der Waals surface area (Å²) in [5, 5.41) is 16.5. The van der Waals surface area contributed by atoms with E-state index in [0.717, 1.165) is 0 Å². The van der Waals surface area contributed by atoms with Crippen LogP contribution in [0.5, 0.6) is 0 Å². The van der Waals surface area contributed by atoms with Crippen LogP contribution in [0.15, 0.2) is 48.5 Å². The van der Waals surface area contributed by atoms with Crippen molar-refractivity contribution in [1.29, 1.82) is 10.5 Å². The van der Waals surface area contributed by atoms with Crippen LogP contribution in [0.4, 0.5) is 8.78 Å². The summed E-state index contributed by atoms with van der Waals surface area (Å²) in [5.41, 5.74) is 0.190. The van der Waals surface area contributed by atoms with Gasteiger partial charge in [-0.05, 0) is 24.3 Å². The van der Waals surface area contributed by atoms with Gasteiger partial charge in [0.2, 0.25) is 0 Å². The van der Waals surface area contributed by atoms with Crippen molar-refractivity contribution >= 4 is 0 Å². The normalized spacial score (nSPS) is 8.44. The van der Waals surface area contributed by atoms with E-state index in [4.69, 9.17) is 10.5 Å². The Labute approximate surface area is 103 Å². The Morgan fingerprint density at radius 3 is 1.22 bits per heavy atom. The van der Waals surface area contributed by atoms with Crippen LogP contribution in [0.3, 0.4) is 0 Å². The Morgan fingerprint density at radius 1 is 0.667 bits per heavy atom. The molecule has 0 atom stereocenters. The van der Waals surface area contributed by atoms with Crippen molar-refractivity contribution in [2.75, 3.05) is 0 Å². The Morgan fingerprint density at radius 2 is 1.00 bits per heavy atom. The molecule has 2 rings (SSSR count). The van der Waals surface area contributed by atoms with E-state index in [0.29, 0.717) is 0 Å². The van der Waals surface area contributed by atoms with Gasteiger partial charge in [-0.15, -0.1) is 0 Å². The molecule has 0 bridgehead atoms. The number of nitriles is 2. The number of rotatable bonds is 0. The van der Waals surface area contributed by atoms with E-state index in [1.807, 2.05) is 0 Å². The molecule has 2 nitrogen and oxygen atoms in total. The third kappa shape index (κ3) is 3.70. The highest BCUT2D eigenvalue weighted by atomic mass is 19.1. The summed E-state index contributed by atoms with van der Waals surface area (Å²) < 4.78 is 24.7. The molecule has 4 heteroatoms. The van der Waals surface area contributed by atoms with Crippen molar-refractivity contribution in [3.05, 3.63) is 71.3 Å². The molecule has 2 aromatic rings. The van der Waals surface area contributed by atoms with Gasteiger partial charge in [-0.3, -0.25) is 0 Å². The summed E-state index contributed by atoms with van der Waals surface area (Å²) in [6.45, 7) is 0. The lowest BCUT2D eigenvalue weighted by Gasteiger charge is -1.86. The van der Waals surface area contributed by atoms with Gasteiger partial charge >= 0.3 is 0 Å². The minimum absolute atomic E-state index is 0.0949. The summed E-state index contributed by atoms with van der Waals surface area (Å²) in [4.78, 5) is 0. The minimum atomic E-state index is -0.458. The topological polar surface area (TPSA) is 47.6 Å². The summed E-state index contributed by atoms with van der Waals surface area (Å²) in [6.07, 6.45) is 0. The smallest absolute Gasteiger partial charge is 0.140 e. The second-order valence-corrected chi connectivity index (χ2v) is 3.18. The Bertz CT molecular complexity index is 554. The van der Waals surface area contributed by atoms with E-state index in [-0.39, 0.29) is 11.1 Å². The predicted molar refractivity (Wildman–Crippen MR) is 62.2 cm³/mol. The molecule has 2 aromatic carbocycles. The molecule has 0 heterocycles. The fourth-order valence-electron chi connectivity index (χ4n) is 1.10. The maximum atomic E-state index is 12.4. The average molecular weight is 242 g/mol. The highest BCUT2D eigenvalue weighted by Crippen LogP contribution is 2.03. The third-order valence-electron chi connectivity index (χ3n) is 1.99. The third-order valence-corrected chi connectivity index (χ3v) is 1.99. The lowest BCUT2D eigenvalue weighted by molar-refractivity contribution is 0.623. The van der Waals surface area contributed by atoms with Crippen molar-refractivity contribution in [1.82, 2.24) is 0 Å². The molecular formula is C14H8F2N2. The van der Waals surface area contributed by atoms with Crippen molar-refractivity contribution in [3.8, 4) is 12.1 Å². The number of nitrogens with zero attached hydrogens (tertiary/aromatic N) is 2. The maximum Gasteiger partial charge on any atom is 0.140 e. The molecule has 0 aliphatic heterocycles. The lowest BCUT2D eigenvalue weighted by Crippen LogP contribution is -1.78. The fraction of sp³-hybridized carbons (Fsp3) is 0. The number of benzene rings is 2. The molecule has 0 amide bonds. The summed E-state index contributed by atoms with van der Waals surface area (Å²) in [5.74, 6) is -0.917. The highest BCUT2D eigenvalue weighted by Gasteiger charge is 1.95. The number of halogens is 2.